The van der Waals surface area contributed by atoms with Crippen LogP contribution >= 0.6 is 0 Å². The number of nitrogens with one attached hydrogen (secondary N) is 2. The predicted octanol–water partition coefficient (Wildman–Crippen LogP) is 2.04. The van der Waals surface area contributed by atoms with Crippen molar-refractivity contribution in [1.29, 1.82) is 0 Å². The summed E-state index contributed by atoms with van der Waals surface area (Å²) >= 11 is 0. The van der Waals surface area contributed by atoms with E-state index in [4.69, 9.17) is 9.47 Å². The molecule has 2 atom stereocenters. The third kappa shape index (κ3) is 5.77. The number of carbonyl (C=O) groups is 1. The maximum absolute atomic E-state index is 12.6. The molecule has 3 rings (SSSR count). The van der Waals surface area contributed by atoms with Gasteiger partial charge < -0.3 is 20.1 Å². The van der Waals surface area contributed by atoms with Crippen molar-refractivity contribution < 1.29 is 14.3 Å². The van der Waals surface area contributed by atoms with Crippen LogP contribution in [-0.2, 0) is 16.0 Å². The van der Waals surface area contributed by atoms with Crippen LogP contribution in [0.2, 0.25) is 0 Å². The van der Waals surface area contributed by atoms with E-state index in [0.29, 0.717) is 18.7 Å². The first kappa shape index (κ1) is 21.2. The molecule has 1 aromatic rings. The van der Waals surface area contributed by atoms with E-state index in [2.05, 4.69) is 41.5 Å². The molecule has 0 aliphatic carbocycles. The predicted molar refractivity (Wildman–Crippen MR) is 110 cm³/mol. The second-order valence-corrected chi connectivity index (χ2v) is 8.51. The number of hydrogen-bond donors (Lipinski definition) is 2. The second-order valence-electron chi connectivity index (χ2n) is 8.51. The highest BCUT2D eigenvalue weighted by molar-refractivity contribution is 5.94. The lowest BCUT2D eigenvalue weighted by Gasteiger charge is -2.37. The van der Waals surface area contributed by atoms with Crippen molar-refractivity contribution in [2.75, 3.05) is 46.4 Å². The van der Waals surface area contributed by atoms with E-state index in [1.54, 1.807) is 7.11 Å². The standard InChI is InChI=1S/C22H35N3O3/c1-17-12-25(13-18(2)28-17)14-19-4-6-20(7-5-19)21(26)24-15-22(16-27-3)8-10-23-11-9-22/h4-7,17-18,23H,8-16H2,1-3H3,(H,24,26). The zero-order valence-corrected chi connectivity index (χ0v) is 17.5. The van der Waals surface area contributed by atoms with Gasteiger partial charge in [0.2, 0.25) is 0 Å². The van der Waals surface area contributed by atoms with Crippen LogP contribution in [0.25, 0.3) is 0 Å². The zero-order valence-electron chi connectivity index (χ0n) is 17.5. The summed E-state index contributed by atoms with van der Waals surface area (Å²) in [5, 5.41) is 6.52. The van der Waals surface area contributed by atoms with Gasteiger partial charge in [-0.2, -0.15) is 0 Å². The average Bonchev–Trinajstić information content (AvgIpc) is 2.67. The lowest BCUT2D eigenvalue weighted by Crippen LogP contribution is -2.47. The van der Waals surface area contributed by atoms with Gasteiger partial charge in [-0.3, -0.25) is 9.69 Å². The molecule has 1 amide bonds. The van der Waals surface area contributed by atoms with Gasteiger partial charge in [-0.1, -0.05) is 12.1 Å². The Kier molecular flexibility index (Phi) is 7.46. The molecule has 6 heteroatoms. The Bertz CT molecular complexity index is 613. The molecular formula is C22H35N3O3. The maximum Gasteiger partial charge on any atom is 0.251 e. The number of amides is 1. The molecule has 0 spiro atoms. The van der Waals surface area contributed by atoms with Crippen LogP contribution in [0.15, 0.2) is 24.3 Å². The number of rotatable bonds is 7. The van der Waals surface area contributed by atoms with Gasteiger partial charge in [-0.25, -0.2) is 0 Å². The van der Waals surface area contributed by atoms with Crippen molar-refractivity contribution in [2.24, 2.45) is 5.41 Å². The molecule has 2 aliphatic heterocycles. The summed E-state index contributed by atoms with van der Waals surface area (Å²) in [6, 6.07) is 8.00. The molecule has 1 aromatic carbocycles. The van der Waals surface area contributed by atoms with Gasteiger partial charge in [-0.15, -0.1) is 0 Å². The molecule has 156 valence electrons. The van der Waals surface area contributed by atoms with E-state index in [1.807, 2.05) is 12.1 Å². The molecule has 0 aromatic heterocycles. The molecule has 2 N–H and O–H groups in total. The Labute approximate surface area is 169 Å². The first-order valence-electron chi connectivity index (χ1n) is 10.4. The maximum atomic E-state index is 12.6. The highest BCUT2D eigenvalue weighted by Gasteiger charge is 2.32. The Morgan fingerprint density at radius 1 is 1.21 bits per heavy atom. The van der Waals surface area contributed by atoms with Gasteiger partial charge in [-0.05, 0) is 57.5 Å². The van der Waals surface area contributed by atoms with Crippen LogP contribution in [0.3, 0.4) is 0 Å². The SMILES string of the molecule is COCC1(CNC(=O)c2ccc(CN3CC(C)OC(C)C3)cc2)CCNCC1. The van der Waals surface area contributed by atoms with E-state index in [0.717, 1.165) is 45.6 Å². The van der Waals surface area contributed by atoms with Crippen molar-refractivity contribution in [2.45, 2.75) is 45.4 Å². The summed E-state index contributed by atoms with van der Waals surface area (Å²) in [7, 11) is 1.74. The molecule has 6 nitrogen and oxygen atoms in total. The largest absolute Gasteiger partial charge is 0.384 e. The second kappa shape index (κ2) is 9.83. The highest BCUT2D eigenvalue weighted by atomic mass is 16.5. The molecule has 2 saturated heterocycles. The number of carbonyl (C=O) groups excluding carboxylic acids is 1. The highest BCUT2D eigenvalue weighted by Crippen LogP contribution is 2.28. The fourth-order valence-corrected chi connectivity index (χ4v) is 4.44. The smallest absolute Gasteiger partial charge is 0.251 e. The van der Waals surface area contributed by atoms with Gasteiger partial charge in [0.25, 0.3) is 5.91 Å². The zero-order chi connectivity index (χ0) is 20.0. The fourth-order valence-electron chi connectivity index (χ4n) is 4.44. The Morgan fingerprint density at radius 2 is 1.86 bits per heavy atom. The third-order valence-corrected chi connectivity index (χ3v) is 5.86. The third-order valence-electron chi connectivity index (χ3n) is 5.86. The van der Waals surface area contributed by atoms with Crippen LogP contribution in [0.4, 0.5) is 0 Å². The van der Waals surface area contributed by atoms with Crippen LogP contribution < -0.4 is 10.6 Å². The van der Waals surface area contributed by atoms with Crippen molar-refractivity contribution in [3.8, 4) is 0 Å². The summed E-state index contributed by atoms with van der Waals surface area (Å²) in [4.78, 5) is 15.0. The number of piperidine rings is 1. The fraction of sp³-hybridized carbons (Fsp3) is 0.682. The van der Waals surface area contributed by atoms with Crippen molar-refractivity contribution in [1.82, 2.24) is 15.5 Å². The minimum absolute atomic E-state index is 0.00539. The van der Waals surface area contributed by atoms with E-state index in [1.165, 1.54) is 5.56 Å². The molecule has 2 unspecified atom stereocenters. The summed E-state index contributed by atoms with van der Waals surface area (Å²) in [6.07, 6.45) is 2.58. The number of morpholine rings is 1. The molecule has 28 heavy (non-hydrogen) atoms. The molecular weight excluding hydrogens is 354 g/mol. The molecule has 0 radical (unpaired) electrons. The Hall–Kier alpha value is -1.47. The van der Waals surface area contributed by atoms with E-state index in [9.17, 15) is 4.79 Å². The first-order valence-corrected chi connectivity index (χ1v) is 10.4. The number of methoxy groups -OCH3 is 1. The van der Waals surface area contributed by atoms with Gasteiger partial charge in [0, 0.05) is 44.3 Å². The van der Waals surface area contributed by atoms with E-state index >= 15 is 0 Å². The first-order chi connectivity index (χ1) is 13.5. The number of benzene rings is 1. The van der Waals surface area contributed by atoms with Gasteiger partial charge in [0.05, 0.1) is 18.8 Å². The van der Waals surface area contributed by atoms with Crippen molar-refractivity contribution in [3.63, 3.8) is 0 Å². The summed E-state index contributed by atoms with van der Waals surface area (Å²) in [5.41, 5.74) is 1.99. The quantitative estimate of drug-likeness (QED) is 0.747. The average molecular weight is 390 g/mol. The molecule has 2 fully saturated rings. The van der Waals surface area contributed by atoms with Crippen molar-refractivity contribution >= 4 is 5.91 Å². The molecule has 0 saturated carbocycles. The molecule has 2 aliphatic rings. The normalized spacial score (nSPS) is 25.4. The monoisotopic (exact) mass is 389 g/mol. The summed E-state index contributed by atoms with van der Waals surface area (Å²) < 4.78 is 11.2. The summed E-state index contributed by atoms with van der Waals surface area (Å²) in [5.74, 6) is -0.00539. The van der Waals surface area contributed by atoms with Crippen LogP contribution in [0.1, 0.15) is 42.6 Å². The number of nitrogens with zero attached hydrogens (tertiary/aromatic N) is 1. The minimum atomic E-state index is -0.00539. The van der Waals surface area contributed by atoms with Crippen molar-refractivity contribution in [3.05, 3.63) is 35.4 Å². The lowest BCUT2D eigenvalue weighted by molar-refractivity contribution is -0.0704. The molecule has 0 bridgehead atoms. The van der Waals surface area contributed by atoms with Gasteiger partial charge in [0.15, 0.2) is 0 Å². The van der Waals surface area contributed by atoms with Crippen LogP contribution in [0, 0.1) is 5.41 Å². The van der Waals surface area contributed by atoms with E-state index < -0.39 is 0 Å². The Balaban J connectivity index is 1.53. The van der Waals surface area contributed by atoms with Gasteiger partial charge >= 0.3 is 0 Å². The Morgan fingerprint density at radius 3 is 2.46 bits per heavy atom. The summed E-state index contributed by atoms with van der Waals surface area (Å²) in [6.45, 7) is 10.3. The van der Waals surface area contributed by atoms with E-state index in [-0.39, 0.29) is 23.5 Å². The minimum Gasteiger partial charge on any atom is -0.384 e. The number of hydrogen-bond acceptors (Lipinski definition) is 5. The topological polar surface area (TPSA) is 62.8 Å². The van der Waals surface area contributed by atoms with Gasteiger partial charge in [0.1, 0.15) is 0 Å². The van der Waals surface area contributed by atoms with Crippen LogP contribution in [-0.4, -0.2) is 69.5 Å². The van der Waals surface area contributed by atoms with Crippen LogP contribution in [0.5, 0.6) is 0 Å². The number of ether oxygens (including phenoxy) is 2. The lowest BCUT2D eigenvalue weighted by atomic mass is 9.79. The molecule has 2 heterocycles.